The zero-order chi connectivity index (χ0) is 17.3. The van der Waals surface area contributed by atoms with Gasteiger partial charge in [0.05, 0.1) is 24.4 Å². The van der Waals surface area contributed by atoms with E-state index in [9.17, 15) is 19.2 Å². The number of ketones is 2. The molecule has 0 fully saturated rings. The van der Waals surface area contributed by atoms with Gasteiger partial charge < -0.3 is 15.8 Å². The Labute approximate surface area is 131 Å². The van der Waals surface area contributed by atoms with E-state index in [1.807, 2.05) is 13.8 Å². The van der Waals surface area contributed by atoms with Crippen LogP contribution in [-0.4, -0.2) is 35.8 Å². The average Bonchev–Trinajstić information content (AvgIpc) is 2.42. The Morgan fingerprint density at radius 2 is 1.86 bits per heavy atom. The van der Waals surface area contributed by atoms with Crippen LogP contribution in [0.3, 0.4) is 0 Å². The number of amides is 1. The molecular formula is C16H24N2O4. The molecule has 3 atom stereocenters. The van der Waals surface area contributed by atoms with Gasteiger partial charge in [0.2, 0.25) is 5.91 Å². The lowest BCUT2D eigenvalue weighted by atomic mass is 9.86. The van der Waals surface area contributed by atoms with Gasteiger partial charge in [-0.05, 0) is 19.3 Å². The Morgan fingerprint density at radius 1 is 1.27 bits per heavy atom. The summed E-state index contributed by atoms with van der Waals surface area (Å²) in [5, 5.41) is 2.54. The van der Waals surface area contributed by atoms with Crippen molar-refractivity contribution in [3.8, 4) is 0 Å². The number of Topliss-reactive ketones (excluding diaryl/α,β-unsaturated/α-hetero) is 2. The van der Waals surface area contributed by atoms with E-state index in [4.69, 9.17) is 5.73 Å². The molecular weight excluding hydrogens is 284 g/mol. The fourth-order valence-corrected chi connectivity index (χ4v) is 1.88. The lowest BCUT2D eigenvalue weighted by molar-refractivity contribution is -0.135. The standard InChI is InChI=1S/C16H24N2O4/c1-5-6-14(20)12(7-8-19)15(21)13(9-10(2)3)18-16(22)11(4)17/h5,8,10-13H,1,6,9,17H2,2-4H3,(H,18,22)/t11-,12?,13-/m0/s1. The summed E-state index contributed by atoms with van der Waals surface area (Å²) in [5.74, 6) is -2.71. The van der Waals surface area contributed by atoms with Crippen LogP contribution in [0.5, 0.6) is 0 Å². The molecule has 1 amide bonds. The molecule has 0 aromatic heterocycles. The molecule has 0 aromatic carbocycles. The second kappa shape index (κ2) is 10.00. The highest BCUT2D eigenvalue weighted by Gasteiger charge is 2.33. The van der Waals surface area contributed by atoms with Crippen LogP contribution in [0, 0.1) is 18.3 Å². The summed E-state index contributed by atoms with van der Waals surface area (Å²) >= 11 is 0. The van der Waals surface area contributed by atoms with Crippen molar-refractivity contribution in [3.63, 3.8) is 0 Å². The van der Waals surface area contributed by atoms with E-state index in [0.717, 1.165) is 0 Å². The summed E-state index contributed by atoms with van der Waals surface area (Å²) in [6.45, 7) is 8.69. The van der Waals surface area contributed by atoms with Gasteiger partial charge in [-0.2, -0.15) is 0 Å². The highest BCUT2D eigenvalue weighted by atomic mass is 16.2. The molecule has 1 unspecified atom stereocenters. The highest BCUT2D eigenvalue weighted by molar-refractivity contribution is 6.09. The van der Waals surface area contributed by atoms with Gasteiger partial charge >= 0.3 is 0 Å². The molecule has 0 aliphatic carbocycles. The van der Waals surface area contributed by atoms with Gasteiger partial charge in [-0.1, -0.05) is 19.9 Å². The molecule has 0 rings (SSSR count). The number of aldehydes is 1. The molecule has 0 bridgehead atoms. The number of nitrogens with two attached hydrogens (primary N) is 1. The number of carbonyl (C=O) groups is 4. The highest BCUT2D eigenvalue weighted by Crippen LogP contribution is 2.15. The van der Waals surface area contributed by atoms with E-state index >= 15 is 0 Å². The zero-order valence-corrected chi connectivity index (χ0v) is 13.3. The normalized spacial score (nSPS) is 14.8. The van der Waals surface area contributed by atoms with E-state index in [1.165, 1.54) is 13.0 Å². The van der Waals surface area contributed by atoms with E-state index in [-0.39, 0.29) is 12.3 Å². The van der Waals surface area contributed by atoms with Gasteiger partial charge in [0.15, 0.2) is 5.78 Å². The van der Waals surface area contributed by atoms with Crippen molar-refractivity contribution in [1.29, 1.82) is 0 Å². The molecule has 2 radical (unpaired) electrons. The molecule has 0 spiro atoms. The molecule has 3 N–H and O–H groups in total. The molecule has 0 saturated heterocycles. The van der Waals surface area contributed by atoms with Gasteiger partial charge in [0.1, 0.15) is 12.1 Å². The van der Waals surface area contributed by atoms with Gasteiger partial charge in [0, 0.05) is 6.42 Å². The van der Waals surface area contributed by atoms with Crippen molar-refractivity contribution < 1.29 is 19.2 Å². The second-order valence-corrected chi connectivity index (χ2v) is 5.56. The number of hydrogen-bond donors (Lipinski definition) is 2. The monoisotopic (exact) mass is 308 g/mol. The van der Waals surface area contributed by atoms with Crippen LogP contribution in [-0.2, 0) is 19.2 Å². The van der Waals surface area contributed by atoms with Crippen molar-refractivity contribution in [2.75, 3.05) is 0 Å². The summed E-state index contributed by atoms with van der Waals surface area (Å²) in [5.41, 5.74) is 5.48. The number of rotatable bonds is 11. The zero-order valence-electron chi connectivity index (χ0n) is 13.3. The predicted octanol–water partition coefficient (Wildman–Crippen LogP) is 0.475. The van der Waals surface area contributed by atoms with Crippen molar-refractivity contribution in [2.45, 2.75) is 45.7 Å². The summed E-state index contributed by atoms with van der Waals surface area (Å²) < 4.78 is 0. The van der Waals surface area contributed by atoms with Crippen molar-refractivity contribution in [1.82, 2.24) is 5.32 Å². The smallest absolute Gasteiger partial charge is 0.237 e. The van der Waals surface area contributed by atoms with Gasteiger partial charge in [0.25, 0.3) is 0 Å². The third kappa shape index (κ3) is 6.76. The Bertz CT molecular complexity index is 430. The first kappa shape index (κ1) is 20.2. The van der Waals surface area contributed by atoms with E-state index in [1.54, 1.807) is 0 Å². The molecule has 6 heteroatoms. The number of allylic oxidation sites excluding steroid dienone is 1. The van der Waals surface area contributed by atoms with Gasteiger partial charge in [-0.15, -0.1) is 6.58 Å². The molecule has 0 aliphatic rings. The van der Waals surface area contributed by atoms with Crippen LogP contribution in [0.2, 0.25) is 0 Å². The Hall–Kier alpha value is -1.82. The Kier molecular flexibility index (Phi) is 9.17. The molecule has 0 heterocycles. The van der Waals surface area contributed by atoms with Crippen LogP contribution in [0.1, 0.15) is 33.6 Å². The Morgan fingerprint density at radius 3 is 2.27 bits per heavy atom. The third-order valence-corrected chi connectivity index (χ3v) is 2.97. The Balaban J connectivity index is 5.25. The maximum atomic E-state index is 12.5. The molecule has 0 aliphatic heterocycles. The van der Waals surface area contributed by atoms with Crippen LogP contribution in [0.15, 0.2) is 12.7 Å². The summed E-state index contributed by atoms with van der Waals surface area (Å²) in [7, 11) is 0. The largest absolute Gasteiger partial charge is 0.345 e. The summed E-state index contributed by atoms with van der Waals surface area (Å²) in [6, 6.07) is -1.66. The first-order valence-electron chi connectivity index (χ1n) is 7.17. The SMILES string of the molecule is C=CCC(=O)C([C]C=O)C(=O)[C@H](CC(C)C)NC(=O)[C@H](C)N. The number of hydrogen-bond acceptors (Lipinski definition) is 5. The molecule has 6 nitrogen and oxygen atoms in total. The number of nitrogens with one attached hydrogen (secondary N) is 1. The minimum Gasteiger partial charge on any atom is -0.345 e. The lowest BCUT2D eigenvalue weighted by Crippen LogP contribution is -2.50. The van der Waals surface area contributed by atoms with Gasteiger partial charge in [-0.3, -0.25) is 14.4 Å². The predicted molar refractivity (Wildman–Crippen MR) is 82.7 cm³/mol. The minimum atomic E-state index is -1.30. The van der Waals surface area contributed by atoms with Crippen LogP contribution in [0.4, 0.5) is 0 Å². The molecule has 0 aromatic rings. The minimum absolute atomic E-state index is 0.0487. The maximum absolute atomic E-state index is 12.5. The van der Waals surface area contributed by atoms with E-state index in [2.05, 4.69) is 18.3 Å². The fourth-order valence-electron chi connectivity index (χ4n) is 1.88. The fraction of sp³-hybridized carbons (Fsp3) is 0.562. The topological polar surface area (TPSA) is 106 Å². The van der Waals surface area contributed by atoms with Crippen LogP contribution >= 0.6 is 0 Å². The van der Waals surface area contributed by atoms with Crippen molar-refractivity contribution in [2.24, 2.45) is 17.6 Å². The van der Waals surface area contributed by atoms with Crippen LogP contribution in [0.25, 0.3) is 0 Å². The average molecular weight is 308 g/mol. The summed E-state index contributed by atoms with van der Waals surface area (Å²) in [4.78, 5) is 46.8. The third-order valence-electron chi connectivity index (χ3n) is 2.97. The van der Waals surface area contributed by atoms with Gasteiger partial charge in [-0.25, -0.2) is 0 Å². The molecule has 22 heavy (non-hydrogen) atoms. The first-order valence-corrected chi connectivity index (χ1v) is 7.17. The van der Waals surface area contributed by atoms with Crippen molar-refractivity contribution >= 4 is 23.8 Å². The number of carbonyl (C=O) groups excluding carboxylic acids is 4. The van der Waals surface area contributed by atoms with E-state index < -0.39 is 35.5 Å². The quantitative estimate of drug-likeness (QED) is 0.328. The molecule has 0 saturated carbocycles. The molecule has 122 valence electrons. The maximum Gasteiger partial charge on any atom is 0.237 e. The first-order chi connectivity index (χ1) is 10.2. The van der Waals surface area contributed by atoms with Crippen LogP contribution < -0.4 is 11.1 Å². The lowest BCUT2D eigenvalue weighted by Gasteiger charge is -2.23. The second-order valence-electron chi connectivity index (χ2n) is 5.56. The van der Waals surface area contributed by atoms with E-state index in [0.29, 0.717) is 12.7 Å². The van der Waals surface area contributed by atoms with Crippen molar-refractivity contribution in [3.05, 3.63) is 19.1 Å². The summed E-state index contributed by atoms with van der Waals surface area (Å²) in [6.07, 6.45) is 4.16.